The average molecular weight is 347 g/mol. The van der Waals surface area contributed by atoms with E-state index in [1.54, 1.807) is 19.1 Å². The van der Waals surface area contributed by atoms with Crippen molar-refractivity contribution in [3.8, 4) is 5.75 Å². The molecular formula is C19H17N5O2. The van der Waals surface area contributed by atoms with Gasteiger partial charge in [0.1, 0.15) is 11.3 Å². The number of nitrogens with one attached hydrogen (secondary N) is 1. The fourth-order valence-electron chi connectivity index (χ4n) is 2.83. The number of aryl methyl sites for hydroxylation is 1. The fourth-order valence-corrected chi connectivity index (χ4v) is 2.83. The Morgan fingerprint density at radius 2 is 1.81 bits per heavy atom. The highest BCUT2D eigenvalue weighted by molar-refractivity contribution is 6.04. The van der Waals surface area contributed by atoms with Crippen LogP contribution in [0, 0.1) is 0 Å². The van der Waals surface area contributed by atoms with Crippen molar-refractivity contribution in [2.75, 3.05) is 5.32 Å². The number of para-hydroxylation sites is 2. The second kappa shape index (κ2) is 6.44. The molecule has 0 radical (unpaired) electrons. The molecule has 0 spiro atoms. The summed E-state index contributed by atoms with van der Waals surface area (Å²) in [6.07, 6.45) is -0.691. The van der Waals surface area contributed by atoms with E-state index in [2.05, 4.69) is 20.5 Å². The third kappa shape index (κ3) is 2.83. The van der Waals surface area contributed by atoms with Crippen LogP contribution in [-0.2, 0) is 11.8 Å². The molecule has 1 N–H and O–H groups in total. The molecule has 4 aromatic rings. The topological polar surface area (TPSA) is 81.9 Å². The van der Waals surface area contributed by atoms with Gasteiger partial charge < -0.3 is 9.30 Å². The maximum absolute atomic E-state index is 12.4. The van der Waals surface area contributed by atoms with E-state index in [1.165, 1.54) is 0 Å². The molecule has 1 amide bonds. The average Bonchev–Trinajstić information content (AvgIpc) is 2.95. The van der Waals surface area contributed by atoms with Crippen molar-refractivity contribution in [3.63, 3.8) is 0 Å². The molecule has 0 fully saturated rings. The lowest BCUT2D eigenvalue weighted by atomic mass is 10.2. The lowest BCUT2D eigenvalue weighted by Crippen LogP contribution is -2.31. The zero-order chi connectivity index (χ0) is 18.1. The number of carbonyl (C=O) groups excluding carboxylic acids is 1. The normalized spacial score (nSPS) is 12.2. The minimum atomic E-state index is -0.691. The van der Waals surface area contributed by atoms with E-state index in [9.17, 15) is 4.79 Å². The molecular weight excluding hydrogens is 330 g/mol. The molecule has 0 aliphatic rings. The molecule has 4 rings (SSSR count). The Morgan fingerprint density at radius 1 is 1.08 bits per heavy atom. The summed E-state index contributed by atoms with van der Waals surface area (Å²) in [7, 11) is 1.91. The molecule has 26 heavy (non-hydrogen) atoms. The minimum Gasteiger partial charge on any atom is -0.481 e. The van der Waals surface area contributed by atoms with E-state index >= 15 is 0 Å². The van der Waals surface area contributed by atoms with E-state index in [-0.39, 0.29) is 11.9 Å². The summed E-state index contributed by atoms with van der Waals surface area (Å²) in [6, 6.07) is 17.0. The highest BCUT2D eigenvalue weighted by Gasteiger charge is 2.18. The van der Waals surface area contributed by atoms with Crippen LogP contribution in [0.4, 0.5) is 5.95 Å². The van der Waals surface area contributed by atoms with Crippen molar-refractivity contribution in [2.45, 2.75) is 13.0 Å². The maximum atomic E-state index is 12.4. The van der Waals surface area contributed by atoms with Crippen LogP contribution < -0.4 is 10.1 Å². The predicted octanol–water partition coefficient (Wildman–Crippen LogP) is 2.92. The van der Waals surface area contributed by atoms with Crippen LogP contribution in [0.2, 0.25) is 0 Å². The van der Waals surface area contributed by atoms with Crippen LogP contribution in [0.3, 0.4) is 0 Å². The molecule has 0 aliphatic carbocycles. The second-order valence-corrected chi connectivity index (χ2v) is 5.95. The van der Waals surface area contributed by atoms with E-state index in [0.29, 0.717) is 16.9 Å². The van der Waals surface area contributed by atoms with Crippen LogP contribution in [-0.4, -0.2) is 31.8 Å². The number of benzene rings is 2. The fraction of sp³-hybridized carbons (Fsp3) is 0.158. The van der Waals surface area contributed by atoms with Gasteiger partial charge in [-0.15, -0.1) is 10.2 Å². The standard InChI is InChI=1S/C19H17N5O2/c1-12(26-13-8-4-3-5-9-13)18(25)21-19-20-17-16(22-23-19)14-10-6-7-11-15(14)24(17)2/h3-12H,1-2H3,(H,20,21,23,25). The van der Waals surface area contributed by atoms with Crippen LogP contribution in [0.5, 0.6) is 5.75 Å². The number of carbonyl (C=O) groups is 1. The molecule has 130 valence electrons. The van der Waals surface area contributed by atoms with Gasteiger partial charge in [0, 0.05) is 12.4 Å². The quantitative estimate of drug-likeness (QED) is 0.614. The summed E-state index contributed by atoms with van der Waals surface area (Å²) in [4.78, 5) is 16.8. The second-order valence-electron chi connectivity index (χ2n) is 5.95. The van der Waals surface area contributed by atoms with Gasteiger partial charge in [-0.05, 0) is 25.1 Å². The zero-order valence-electron chi connectivity index (χ0n) is 14.4. The summed E-state index contributed by atoms with van der Waals surface area (Å²) in [5.74, 6) is 0.434. The van der Waals surface area contributed by atoms with Crippen LogP contribution in [0.1, 0.15) is 6.92 Å². The smallest absolute Gasteiger partial charge is 0.267 e. The first-order valence-electron chi connectivity index (χ1n) is 8.24. The summed E-state index contributed by atoms with van der Waals surface area (Å²) < 4.78 is 7.54. The highest BCUT2D eigenvalue weighted by atomic mass is 16.5. The Hall–Kier alpha value is -3.48. The number of hydrogen-bond donors (Lipinski definition) is 1. The Kier molecular flexibility index (Phi) is 3.96. The Balaban J connectivity index is 1.58. The van der Waals surface area contributed by atoms with Crippen molar-refractivity contribution in [3.05, 3.63) is 54.6 Å². The number of aromatic nitrogens is 4. The van der Waals surface area contributed by atoms with Gasteiger partial charge in [-0.1, -0.05) is 36.4 Å². The first-order chi connectivity index (χ1) is 12.6. The van der Waals surface area contributed by atoms with Gasteiger partial charge in [0.25, 0.3) is 11.9 Å². The van der Waals surface area contributed by atoms with Crippen molar-refractivity contribution < 1.29 is 9.53 Å². The Bertz CT molecular complexity index is 1090. The van der Waals surface area contributed by atoms with E-state index < -0.39 is 6.10 Å². The van der Waals surface area contributed by atoms with Crippen LogP contribution in [0.15, 0.2) is 54.6 Å². The van der Waals surface area contributed by atoms with Crippen molar-refractivity contribution in [1.82, 2.24) is 19.7 Å². The summed E-state index contributed by atoms with van der Waals surface area (Å²) >= 11 is 0. The molecule has 1 unspecified atom stereocenters. The highest BCUT2D eigenvalue weighted by Crippen LogP contribution is 2.24. The molecule has 0 bridgehead atoms. The van der Waals surface area contributed by atoms with Crippen molar-refractivity contribution in [1.29, 1.82) is 0 Å². The number of nitrogens with zero attached hydrogens (tertiary/aromatic N) is 4. The predicted molar refractivity (Wildman–Crippen MR) is 99.0 cm³/mol. The number of ether oxygens (including phenoxy) is 1. The largest absolute Gasteiger partial charge is 0.481 e. The molecule has 7 heteroatoms. The molecule has 1 atom stereocenters. The summed E-state index contributed by atoms with van der Waals surface area (Å²) in [5, 5.41) is 11.9. The molecule has 0 saturated heterocycles. The van der Waals surface area contributed by atoms with E-state index in [4.69, 9.17) is 4.74 Å². The molecule has 7 nitrogen and oxygen atoms in total. The van der Waals surface area contributed by atoms with Gasteiger partial charge in [-0.2, -0.15) is 4.98 Å². The Labute approximate surface area is 149 Å². The molecule has 0 aliphatic heterocycles. The first kappa shape index (κ1) is 16.0. The maximum Gasteiger partial charge on any atom is 0.267 e. The SMILES string of the molecule is CC(Oc1ccccc1)C(=O)Nc1nnc2c3ccccc3n(C)c2n1. The van der Waals surface area contributed by atoms with Crippen molar-refractivity contribution in [2.24, 2.45) is 7.05 Å². The summed E-state index contributed by atoms with van der Waals surface area (Å²) in [6.45, 7) is 1.67. The monoisotopic (exact) mass is 347 g/mol. The third-order valence-corrected chi connectivity index (χ3v) is 4.17. The van der Waals surface area contributed by atoms with Gasteiger partial charge in [0.2, 0.25) is 0 Å². The molecule has 0 saturated carbocycles. The lowest BCUT2D eigenvalue weighted by molar-refractivity contribution is -0.122. The zero-order valence-corrected chi connectivity index (χ0v) is 14.4. The number of amides is 1. The lowest BCUT2D eigenvalue weighted by Gasteiger charge is -2.13. The van der Waals surface area contributed by atoms with Gasteiger partial charge in [0.05, 0.1) is 5.52 Å². The molecule has 2 heterocycles. The van der Waals surface area contributed by atoms with Crippen LogP contribution in [0.25, 0.3) is 22.1 Å². The van der Waals surface area contributed by atoms with Gasteiger partial charge in [-0.25, -0.2) is 0 Å². The molecule has 2 aromatic carbocycles. The van der Waals surface area contributed by atoms with Crippen molar-refractivity contribution >= 4 is 33.9 Å². The van der Waals surface area contributed by atoms with E-state index in [1.807, 2.05) is 54.1 Å². The number of anilines is 1. The first-order valence-corrected chi connectivity index (χ1v) is 8.24. The van der Waals surface area contributed by atoms with E-state index in [0.717, 1.165) is 10.9 Å². The van der Waals surface area contributed by atoms with Gasteiger partial charge >= 0.3 is 0 Å². The number of hydrogen-bond acceptors (Lipinski definition) is 5. The Morgan fingerprint density at radius 3 is 2.62 bits per heavy atom. The van der Waals surface area contributed by atoms with Crippen LogP contribution >= 0.6 is 0 Å². The third-order valence-electron chi connectivity index (χ3n) is 4.17. The van der Waals surface area contributed by atoms with Gasteiger partial charge in [-0.3, -0.25) is 10.1 Å². The van der Waals surface area contributed by atoms with Gasteiger partial charge in [0.15, 0.2) is 11.8 Å². The summed E-state index contributed by atoms with van der Waals surface area (Å²) in [5.41, 5.74) is 2.37. The number of rotatable bonds is 4. The minimum absolute atomic E-state index is 0.150. The molecule has 2 aromatic heterocycles. The number of fused-ring (bicyclic) bond motifs is 3.